The Morgan fingerprint density at radius 3 is 3.04 bits per heavy atom. The maximum atomic E-state index is 13.3. The van der Waals surface area contributed by atoms with Crippen LogP contribution < -0.4 is 4.74 Å². The standard InChI is InChI=1S/C20H18FN3O3/c1-13-3-2-4-16(7-13)26-12-19-23-17-5-6-24(11-18(17)27-19)20(25)14-8-15(21)10-22-9-14/h2-4,7-10H,5-6,11-12H2,1H3. The number of carbonyl (C=O) groups excluding carboxylic acids is 1. The number of hydrogen-bond donors (Lipinski definition) is 0. The number of rotatable bonds is 4. The van der Waals surface area contributed by atoms with E-state index in [1.807, 2.05) is 31.2 Å². The molecule has 0 fully saturated rings. The van der Waals surface area contributed by atoms with Crippen molar-refractivity contribution in [2.45, 2.75) is 26.5 Å². The molecule has 1 aromatic carbocycles. The van der Waals surface area contributed by atoms with Gasteiger partial charge in [-0.1, -0.05) is 12.1 Å². The highest BCUT2D eigenvalue weighted by Crippen LogP contribution is 2.22. The highest BCUT2D eigenvalue weighted by Gasteiger charge is 2.26. The summed E-state index contributed by atoms with van der Waals surface area (Å²) in [4.78, 5) is 22.3. The lowest BCUT2D eigenvalue weighted by Gasteiger charge is -2.25. The lowest BCUT2D eigenvalue weighted by atomic mass is 10.1. The lowest BCUT2D eigenvalue weighted by Crippen LogP contribution is -2.35. The molecule has 0 saturated carbocycles. The number of aryl methyl sites for hydroxylation is 1. The van der Waals surface area contributed by atoms with Gasteiger partial charge in [0.05, 0.1) is 24.0 Å². The average Bonchev–Trinajstić information content (AvgIpc) is 3.08. The van der Waals surface area contributed by atoms with Crippen LogP contribution in [0.1, 0.15) is 33.3 Å². The molecular formula is C20H18FN3O3. The van der Waals surface area contributed by atoms with E-state index in [4.69, 9.17) is 9.15 Å². The van der Waals surface area contributed by atoms with Crippen molar-refractivity contribution >= 4 is 5.91 Å². The molecule has 0 atom stereocenters. The maximum Gasteiger partial charge on any atom is 0.255 e. The average molecular weight is 367 g/mol. The molecule has 6 nitrogen and oxygen atoms in total. The molecule has 1 aliphatic rings. The van der Waals surface area contributed by atoms with Gasteiger partial charge in [0.25, 0.3) is 5.91 Å². The molecule has 0 bridgehead atoms. The van der Waals surface area contributed by atoms with Crippen molar-refractivity contribution in [3.63, 3.8) is 0 Å². The first kappa shape index (κ1) is 17.2. The first-order valence-corrected chi connectivity index (χ1v) is 8.65. The molecule has 3 aromatic rings. The normalized spacial score (nSPS) is 13.3. The van der Waals surface area contributed by atoms with Crippen molar-refractivity contribution in [3.8, 4) is 5.75 Å². The number of ether oxygens (including phenoxy) is 1. The summed E-state index contributed by atoms with van der Waals surface area (Å²) in [5.74, 6) is 1.06. The van der Waals surface area contributed by atoms with Gasteiger partial charge >= 0.3 is 0 Å². The number of halogens is 1. The van der Waals surface area contributed by atoms with Gasteiger partial charge in [-0.05, 0) is 30.7 Å². The zero-order valence-electron chi connectivity index (χ0n) is 14.8. The number of pyridine rings is 1. The Labute approximate surface area is 155 Å². The molecule has 4 rings (SSSR count). The Hall–Kier alpha value is -3.22. The second-order valence-electron chi connectivity index (χ2n) is 6.45. The zero-order chi connectivity index (χ0) is 18.8. The van der Waals surface area contributed by atoms with E-state index in [2.05, 4.69) is 9.97 Å². The zero-order valence-corrected chi connectivity index (χ0v) is 14.8. The predicted molar refractivity (Wildman–Crippen MR) is 94.7 cm³/mol. The largest absolute Gasteiger partial charge is 0.484 e. The van der Waals surface area contributed by atoms with E-state index in [9.17, 15) is 9.18 Å². The molecule has 138 valence electrons. The van der Waals surface area contributed by atoms with Gasteiger partial charge in [-0.15, -0.1) is 0 Å². The van der Waals surface area contributed by atoms with Crippen LogP contribution in [-0.4, -0.2) is 27.3 Å². The number of hydrogen-bond acceptors (Lipinski definition) is 5. The Bertz CT molecular complexity index is 986. The first-order valence-electron chi connectivity index (χ1n) is 8.65. The number of fused-ring (bicyclic) bond motifs is 1. The van der Waals surface area contributed by atoms with Gasteiger partial charge in [-0.2, -0.15) is 0 Å². The number of carbonyl (C=O) groups is 1. The summed E-state index contributed by atoms with van der Waals surface area (Å²) in [5, 5.41) is 0. The monoisotopic (exact) mass is 367 g/mol. The van der Waals surface area contributed by atoms with Gasteiger partial charge < -0.3 is 14.1 Å². The van der Waals surface area contributed by atoms with E-state index in [0.717, 1.165) is 23.2 Å². The van der Waals surface area contributed by atoms with E-state index in [0.29, 0.717) is 31.2 Å². The summed E-state index contributed by atoms with van der Waals surface area (Å²) in [5.41, 5.74) is 2.17. The van der Waals surface area contributed by atoms with Gasteiger partial charge in [0.1, 0.15) is 17.3 Å². The lowest BCUT2D eigenvalue weighted by molar-refractivity contribution is 0.0717. The van der Waals surface area contributed by atoms with Gasteiger partial charge in [0.2, 0.25) is 5.89 Å². The third-order valence-corrected chi connectivity index (χ3v) is 4.37. The van der Waals surface area contributed by atoms with Crippen LogP contribution in [0.2, 0.25) is 0 Å². The van der Waals surface area contributed by atoms with Crippen LogP contribution in [0.4, 0.5) is 4.39 Å². The molecule has 3 heterocycles. The number of benzene rings is 1. The Balaban J connectivity index is 1.43. The van der Waals surface area contributed by atoms with Gasteiger partial charge in [-0.25, -0.2) is 9.37 Å². The third-order valence-electron chi connectivity index (χ3n) is 4.37. The fraction of sp³-hybridized carbons (Fsp3) is 0.250. The van der Waals surface area contributed by atoms with Gasteiger partial charge in [0, 0.05) is 19.2 Å². The summed E-state index contributed by atoms with van der Waals surface area (Å²) in [6.45, 7) is 3.00. The molecular weight excluding hydrogens is 349 g/mol. The summed E-state index contributed by atoms with van der Waals surface area (Å²) >= 11 is 0. The van der Waals surface area contributed by atoms with Crippen molar-refractivity contribution in [2.24, 2.45) is 0 Å². The van der Waals surface area contributed by atoms with Crippen LogP contribution in [0.15, 0.2) is 47.1 Å². The highest BCUT2D eigenvalue weighted by molar-refractivity contribution is 5.94. The van der Waals surface area contributed by atoms with Crippen LogP contribution in [0.25, 0.3) is 0 Å². The molecule has 0 saturated heterocycles. The summed E-state index contributed by atoms with van der Waals surface area (Å²) in [7, 11) is 0. The molecule has 0 spiro atoms. The highest BCUT2D eigenvalue weighted by atomic mass is 19.1. The van der Waals surface area contributed by atoms with Crippen LogP contribution in [0.5, 0.6) is 5.75 Å². The first-order chi connectivity index (χ1) is 13.1. The van der Waals surface area contributed by atoms with Crippen LogP contribution in [0, 0.1) is 12.7 Å². The minimum absolute atomic E-state index is 0.220. The summed E-state index contributed by atoms with van der Waals surface area (Å²) < 4.78 is 24.8. The molecule has 0 radical (unpaired) electrons. The topological polar surface area (TPSA) is 68.5 Å². The minimum Gasteiger partial charge on any atom is -0.484 e. The fourth-order valence-electron chi connectivity index (χ4n) is 3.05. The van der Waals surface area contributed by atoms with Crippen molar-refractivity contribution in [3.05, 3.63) is 77.0 Å². The van der Waals surface area contributed by atoms with Crippen LogP contribution in [0.3, 0.4) is 0 Å². The number of amides is 1. The third kappa shape index (κ3) is 3.81. The number of aromatic nitrogens is 2. The smallest absolute Gasteiger partial charge is 0.255 e. The SMILES string of the molecule is Cc1cccc(OCc2nc3c(o2)CN(C(=O)c2cncc(F)c2)CC3)c1. The van der Waals surface area contributed by atoms with Crippen molar-refractivity contribution in [1.29, 1.82) is 0 Å². The maximum absolute atomic E-state index is 13.3. The molecule has 0 unspecified atom stereocenters. The van der Waals surface area contributed by atoms with E-state index in [-0.39, 0.29) is 18.1 Å². The second-order valence-corrected chi connectivity index (χ2v) is 6.45. The second kappa shape index (κ2) is 7.19. The van der Waals surface area contributed by atoms with Crippen molar-refractivity contribution in [2.75, 3.05) is 6.54 Å². The Kier molecular flexibility index (Phi) is 4.58. The molecule has 1 aliphatic heterocycles. The van der Waals surface area contributed by atoms with Crippen LogP contribution >= 0.6 is 0 Å². The number of oxazole rings is 1. The fourth-order valence-corrected chi connectivity index (χ4v) is 3.05. The predicted octanol–water partition coefficient (Wildman–Crippen LogP) is 3.29. The van der Waals surface area contributed by atoms with E-state index in [1.165, 1.54) is 12.3 Å². The molecule has 0 N–H and O–H groups in total. The van der Waals surface area contributed by atoms with Gasteiger partial charge in [-0.3, -0.25) is 9.78 Å². The molecule has 7 heteroatoms. The Morgan fingerprint density at radius 2 is 2.22 bits per heavy atom. The van der Waals surface area contributed by atoms with E-state index in [1.54, 1.807) is 4.90 Å². The Morgan fingerprint density at radius 1 is 1.33 bits per heavy atom. The van der Waals surface area contributed by atoms with Gasteiger partial charge in [0.15, 0.2) is 6.61 Å². The molecule has 0 aliphatic carbocycles. The molecule has 27 heavy (non-hydrogen) atoms. The summed E-state index contributed by atoms with van der Waals surface area (Å²) in [6.07, 6.45) is 3.02. The molecule has 2 aromatic heterocycles. The minimum atomic E-state index is -0.534. The quantitative estimate of drug-likeness (QED) is 0.708. The van der Waals surface area contributed by atoms with Crippen LogP contribution in [-0.2, 0) is 19.6 Å². The van der Waals surface area contributed by atoms with Crippen molar-refractivity contribution in [1.82, 2.24) is 14.9 Å². The van der Waals surface area contributed by atoms with E-state index >= 15 is 0 Å². The van der Waals surface area contributed by atoms with E-state index < -0.39 is 5.82 Å². The number of nitrogens with zero attached hydrogens (tertiary/aromatic N) is 3. The van der Waals surface area contributed by atoms with Crippen molar-refractivity contribution < 1.29 is 18.3 Å². The summed E-state index contributed by atoms with van der Waals surface area (Å²) in [6, 6.07) is 8.93. The molecule has 1 amide bonds.